The number of aromatic nitrogens is 3. The van der Waals surface area contributed by atoms with Gasteiger partial charge >= 0.3 is 16.3 Å². The van der Waals surface area contributed by atoms with Crippen LogP contribution in [0.5, 0.6) is 0 Å². The van der Waals surface area contributed by atoms with Crippen LogP contribution in [0.2, 0.25) is 0 Å². The van der Waals surface area contributed by atoms with Gasteiger partial charge in [-0.1, -0.05) is 6.92 Å². The van der Waals surface area contributed by atoms with Crippen LogP contribution in [0.1, 0.15) is 47.0 Å². The maximum atomic E-state index is 13.0. The molecule has 0 spiro atoms. The van der Waals surface area contributed by atoms with Crippen LogP contribution in [-0.2, 0) is 14.9 Å². The summed E-state index contributed by atoms with van der Waals surface area (Å²) in [6.45, 7) is 9.51. The number of nitrogens with one attached hydrogen (secondary N) is 2. The monoisotopic (exact) mass is 464 g/mol. The molecule has 0 bridgehead atoms. The Morgan fingerprint density at radius 1 is 1.28 bits per heavy atom. The molecule has 0 radical (unpaired) electrons. The van der Waals surface area contributed by atoms with E-state index in [0.29, 0.717) is 25.6 Å². The lowest BCUT2D eigenvalue weighted by Crippen LogP contribution is -2.60. The lowest BCUT2D eigenvalue weighted by molar-refractivity contribution is 0.0434. The van der Waals surface area contributed by atoms with Crippen molar-refractivity contribution < 1.29 is 17.9 Å². The number of ether oxygens (including phenoxy) is 1. The van der Waals surface area contributed by atoms with Crippen LogP contribution in [0.25, 0.3) is 11.0 Å². The summed E-state index contributed by atoms with van der Waals surface area (Å²) >= 11 is 0. The summed E-state index contributed by atoms with van der Waals surface area (Å²) in [6, 6.07) is 1.97. The molecule has 4 rings (SSSR count). The van der Waals surface area contributed by atoms with Crippen LogP contribution in [0.3, 0.4) is 0 Å². The molecule has 0 aromatic carbocycles. The van der Waals surface area contributed by atoms with Gasteiger partial charge in [0.25, 0.3) is 0 Å². The molecule has 10 nitrogen and oxygen atoms in total. The number of amides is 1. The SMILES string of the molecule is CCC12CN(c3ncnc4[nH]ccc34)CCC1CCN(S(=O)(=O)NC(=O)OC(C)(C)C)C2. The Labute approximate surface area is 188 Å². The number of rotatable bonds is 4. The fraction of sp³-hybridized carbons (Fsp3) is 0.667. The van der Waals surface area contributed by atoms with Crippen molar-refractivity contribution >= 4 is 33.2 Å². The third-order valence-electron chi connectivity index (χ3n) is 6.63. The minimum Gasteiger partial charge on any atom is -0.443 e. The second-order valence-electron chi connectivity index (χ2n) is 9.79. The maximum Gasteiger partial charge on any atom is 0.422 e. The molecule has 2 fully saturated rings. The molecule has 2 saturated heterocycles. The van der Waals surface area contributed by atoms with Gasteiger partial charge in [-0.15, -0.1) is 0 Å². The number of piperidine rings is 2. The third-order valence-corrected chi connectivity index (χ3v) is 8.04. The molecule has 2 aromatic rings. The van der Waals surface area contributed by atoms with E-state index in [4.69, 9.17) is 4.74 Å². The van der Waals surface area contributed by atoms with Gasteiger partial charge < -0.3 is 14.6 Å². The number of hydrogen-bond donors (Lipinski definition) is 2. The minimum absolute atomic E-state index is 0.229. The predicted octanol–water partition coefficient (Wildman–Crippen LogP) is 2.66. The van der Waals surface area contributed by atoms with E-state index in [-0.39, 0.29) is 5.41 Å². The van der Waals surface area contributed by atoms with Crippen molar-refractivity contribution in [2.75, 3.05) is 31.1 Å². The van der Waals surface area contributed by atoms with Crippen molar-refractivity contribution in [1.82, 2.24) is 24.0 Å². The number of anilines is 1. The van der Waals surface area contributed by atoms with Gasteiger partial charge in [0.1, 0.15) is 23.4 Å². The van der Waals surface area contributed by atoms with Gasteiger partial charge in [-0.3, -0.25) is 0 Å². The Kier molecular flexibility index (Phi) is 5.83. The highest BCUT2D eigenvalue weighted by Gasteiger charge is 2.48. The summed E-state index contributed by atoms with van der Waals surface area (Å²) in [4.78, 5) is 26.3. The molecule has 2 unspecified atom stereocenters. The Morgan fingerprint density at radius 3 is 2.75 bits per heavy atom. The number of carbonyl (C=O) groups excluding carboxylic acids is 1. The van der Waals surface area contributed by atoms with Crippen molar-refractivity contribution in [3.8, 4) is 0 Å². The van der Waals surface area contributed by atoms with Crippen LogP contribution in [0.4, 0.5) is 10.6 Å². The van der Waals surface area contributed by atoms with Gasteiger partial charge in [0.05, 0.1) is 5.39 Å². The molecule has 2 aromatic heterocycles. The van der Waals surface area contributed by atoms with Crippen LogP contribution in [0.15, 0.2) is 18.6 Å². The van der Waals surface area contributed by atoms with Crippen LogP contribution in [-0.4, -0.2) is 65.5 Å². The van der Waals surface area contributed by atoms with E-state index >= 15 is 0 Å². The van der Waals surface area contributed by atoms with E-state index in [0.717, 1.165) is 42.7 Å². The smallest absolute Gasteiger partial charge is 0.422 e. The van der Waals surface area contributed by atoms with Crippen molar-refractivity contribution in [3.05, 3.63) is 18.6 Å². The quantitative estimate of drug-likeness (QED) is 0.713. The topological polar surface area (TPSA) is 121 Å². The molecular formula is C21H32N6O4S. The molecule has 2 atom stereocenters. The molecule has 2 aliphatic rings. The molecule has 4 heterocycles. The molecule has 11 heteroatoms. The van der Waals surface area contributed by atoms with Crippen molar-refractivity contribution in [1.29, 1.82) is 0 Å². The van der Waals surface area contributed by atoms with Gasteiger partial charge in [0.15, 0.2) is 0 Å². The normalized spacial score (nSPS) is 24.9. The van der Waals surface area contributed by atoms with E-state index in [1.54, 1.807) is 27.1 Å². The van der Waals surface area contributed by atoms with Gasteiger partial charge in [0, 0.05) is 37.8 Å². The molecular weight excluding hydrogens is 432 g/mol. The standard InChI is InChI=1S/C21H32N6O4S/c1-5-21-12-26(18-16-6-9-22-17(16)23-14-24-18)10-7-15(21)8-11-27(13-21)32(29,30)25-19(28)31-20(2,3)4/h6,9,14-15H,5,7-8,10-13H2,1-4H3,(H,25,28)(H,22,23,24). The van der Waals surface area contributed by atoms with Crippen molar-refractivity contribution in [2.24, 2.45) is 11.3 Å². The lowest BCUT2D eigenvalue weighted by atomic mass is 9.66. The lowest BCUT2D eigenvalue weighted by Gasteiger charge is -2.53. The van der Waals surface area contributed by atoms with Crippen LogP contribution < -0.4 is 9.62 Å². The summed E-state index contributed by atoms with van der Waals surface area (Å²) in [7, 11) is -4.00. The molecule has 176 valence electrons. The van der Waals surface area contributed by atoms with Crippen molar-refractivity contribution in [3.63, 3.8) is 0 Å². The van der Waals surface area contributed by atoms with Gasteiger partial charge in [0.2, 0.25) is 0 Å². The number of fused-ring (bicyclic) bond motifs is 2. The average Bonchev–Trinajstić information content (AvgIpc) is 3.20. The summed E-state index contributed by atoms with van der Waals surface area (Å²) in [5, 5.41) is 0.962. The van der Waals surface area contributed by atoms with E-state index in [9.17, 15) is 13.2 Å². The largest absolute Gasteiger partial charge is 0.443 e. The maximum absolute atomic E-state index is 13.0. The molecule has 1 amide bonds. The predicted molar refractivity (Wildman–Crippen MR) is 121 cm³/mol. The van der Waals surface area contributed by atoms with Gasteiger partial charge in [-0.2, -0.15) is 12.7 Å². The highest BCUT2D eigenvalue weighted by molar-refractivity contribution is 7.87. The average molecular weight is 465 g/mol. The zero-order valence-electron chi connectivity index (χ0n) is 19.1. The number of aromatic amines is 1. The minimum atomic E-state index is -4.00. The number of carbonyl (C=O) groups is 1. The highest BCUT2D eigenvalue weighted by atomic mass is 32.2. The second-order valence-corrected chi connectivity index (χ2v) is 11.5. The first-order chi connectivity index (χ1) is 15.0. The Balaban J connectivity index is 1.55. The number of hydrogen-bond acceptors (Lipinski definition) is 7. The Morgan fingerprint density at radius 2 is 2.03 bits per heavy atom. The first-order valence-corrected chi connectivity index (χ1v) is 12.5. The summed E-state index contributed by atoms with van der Waals surface area (Å²) < 4.78 is 34.6. The molecule has 0 saturated carbocycles. The van der Waals surface area contributed by atoms with E-state index in [1.807, 2.05) is 12.3 Å². The molecule has 0 aliphatic carbocycles. The molecule has 32 heavy (non-hydrogen) atoms. The second kappa shape index (κ2) is 8.18. The number of H-pyrrole nitrogens is 1. The zero-order chi connectivity index (χ0) is 23.1. The van der Waals surface area contributed by atoms with Gasteiger partial charge in [-0.25, -0.2) is 19.5 Å². The third kappa shape index (κ3) is 4.40. The van der Waals surface area contributed by atoms with E-state index in [2.05, 4.69) is 31.5 Å². The zero-order valence-corrected chi connectivity index (χ0v) is 19.9. The summed E-state index contributed by atoms with van der Waals surface area (Å²) in [5.41, 5.74) is -0.216. The summed E-state index contributed by atoms with van der Waals surface area (Å²) in [5.74, 6) is 1.29. The Hall–Kier alpha value is -2.40. The van der Waals surface area contributed by atoms with Crippen LogP contribution in [0, 0.1) is 11.3 Å². The highest BCUT2D eigenvalue weighted by Crippen LogP contribution is 2.46. The fourth-order valence-corrected chi connectivity index (χ4v) is 6.20. The van der Waals surface area contributed by atoms with Crippen LogP contribution >= 0.6 is 0 Å². The van der Waals surface area contributed by atoms with E-state index < -0.39 is 21.9 Å². The summed E-state index contributed by atoms with van der Waals surface area (Å²) in [6.07, 6.45) is 5.01. The van der Waals surface area contributed by atoms with Crippen molar-refractivity contribution in [2.45, 2.75) is 52.6 Å². The number of nitrogens with zero attached hydrogens (tertiary/aromatic N) is 4. The fourth-order valence-electron chi connectivity index (χ4n) is 5.04. The molecule has 2 N–H and O–H groups in total. The first-order valence-electron chi connectivity index (χ1n) is 11.1. The molecule has 2 aliphatic heterocycles. The first kappa shape index (κ1) is 22.8. The Bertz CT molecular complexity index is 1100. The van der Waals surface area contributed by atoms with Gasteiger partial charge in [-0.05, 0) is 52.0 Å². The van der Waals surface area contributed by atoms with E-state index in [1.165, 1.54) is 4.31 Å².